The molecule has 0 bridgehead atoms. The van der Waals surface area contributed by atoms with Gasteiger partial charge in [0.25, 0.3) is 0 Å². The molecular formula is C16H22FNO. The number of carbonyl (C=O) groups is 1. The summed E-state index contributed by atoms with van der Waals surface area (Å²) in [7, 11) is 1.95. The van der Waals surface area contributed by atoms with Crippen LogP contribution in [0.5, 0.6) is 0 Å². The summed E-state index contributed by atoms with van der Waals surface area (Å²) in [6, 6.07) is 4.87. The second-order valence-corrected chi connectivity index (χ2v) is 5.57. The van der Waals surface area contributed by atoms with Gasteiger partial charge in [0.2, 0.25) is 0 Å². The van der Waals surface area contributed by atoms with Crippen LogP contribution >= 0.6 is 0 Å². The molecule has 1 aromatic carbocycles. The summed E-state index contributed by atoms with van der Waals surface area (Å²) in [5.74, 6) is 0.0471. The highest BCUT2D eigenvalue weighted by Gasteiger charge is 2.19. The Morgan fingerprint density at radius 1 is 1.32 bits per heavy atom. The summed E-state index contributed by atoms with van der Waals surface area (Å²) < 4.78 is 13.8. The molecule has 1 aliphatic rings. The normalized spacial score (nSPS) is 16.4. The van der Waals surface area contributed by atoms with Crippen molar-refractivity contribution in [3.63, 3.8) is 0 Å². The molecule has 1 saturated carbocycles. The third-order valence-corrected chi connectivity index (χ3v) is 4.01. The fraction of sp³-hybridized carbons (Fsp3) is 0.562. The van der Waals surface area contributed by atoms with Gasteiger partial charge in [-0.05, 0) is 37.8 Å². The first-order valence-corrected chi connectivity index (χ1v) is 7.10. The third-order valence-electron chi connectivity index (χ3n) is 4.01. The third kappa shape index (κ3) is 3.34. The Morgan fingerprint density at radius 2 is 2.00 bits per heavy atom. The first-order chi connectivity index (χ1) is 9.09. The Hall–Kier alpha value is -1.38. The van der Waals surface area contributed by atoms with Crippen LogP contribution in [0.1, 0.15) is 49.4 Å². The molecule has 0 heterocycles. The van der Waals surface area contributed by atoms with Crippen molar-refractivity contribution in [1.29, 1.82) is 0 Å². The molecular weight excluding hydrogens is 241 g/mol. The summed E-state index contributed by atoms with van der Waals surface area (Å²) >= 11 is 0. The maximum Gasteiger partial charge on any atom is 0.164 e. The van der Waals surface area contributed by atoms with Crippen LogP contribution in [0.3, 0.4) is 0 Å². The predicted molar refractivity (Wildman–Crippen MR) is 76.2 cm³/mol. The van der Waals surface area contributed by atoms with Crippen LogP contribution in [0.15, 0.2) is 18.2 Å². The second kappa shape index (κ2) is 6.18. The molecule has 2 nitrogen and oxygen atoms in total. The first-order valence-electron chi connectivity index (χ1n) is 7.10. The predicted octanol–water partition coefficient (Wildman–Crippen LogP) is 4.04. The zero-order valence-corrected chi connectivity index (χ0v) is 11.8. The van der Waals surface area contributed by atoms with E-state index in [1.54, 1.807) is 6.07 Å². The minimum absolute atomic E-state index is 0.205. The highest BCUT2D eigenvalue weighted by atomic mass is 19.1. The van der Waals surface area contributed by atoms with E-state index in [9.17, 15) is 9.18 Å². The number of nitrogens with zero attached hydrogens (tertiary/aromatic N) is 1. The van der Waals surface area contributed by atoms with Gasteiger partial charge >= 0.3 is 0 Å². The lowest BCUT2D eigenvalue weighted by Crippen LogP contribution is -2.28. The van der Waals surface area contributed by atoms with E-state index in [1.165, 1.54) is 45.1 Å². The average molecular weight is 263 g/mol. The molecule has 2 rings (SSSR count). The van der Waals surface area contributed by atoms with Gasteiger partial charge in [-0.25, -0.2) is 4.39 Å². The van der Waals surface area contributed by atoms with Crippen LogP contribution in [0.25, 0.3) is 0 Å². The van der Waals surface area contributed by atoms with E-state index < -0.39 is 5.82 Å². The van der Waals surface area contributed by atoms with E-state index >= 15 is 0 Å². The highest BCUT2D eigenvalue weighted by molar-refractivity contribution is 6.00. The minimum Gasteiger partial charge on any atom is -0.374 e. The molecule has 3 heteroatoms. The molecule has 0 spiro atoms. The standard InChI is InChI=1S/C16H22FNO/c1-12(19)16-14(17)9-6-10-15(16)18(2)11-13-7-4-3-5-8-13/h6,9-10,13H,3-5,7-8,11H2,1-2H3. The van der Waals surface area contributed by atoms with Gasteiger partial charge in [0.1, 0.15) is 5.82 Å². The van der Waals surface area contributed by atoms with Crippen LogP contribution in [-0.2, 0) is 0 Å². The minimum atomic E-state index is -0.416. The summed E-state index contributed by atoms with van der Waals surface area (Å²) in [5.41, 5.74) is 0.943. The number of Topliss-reactive ketones (excluding diaryl/α,β-unsaturated/α-hetero) is 1. The number of rotatable bonds is 4. The van der Waals surface area contributed by atoms with Crippen molar-refractivity contribution in [3.05, 3.63) is 29.6 Å². The average Bonchev–Trinajstić information content (AvgIpc) is 2.39. The van der Waals surface area contributed by atoms with E-state index in [2.05, 4.69) is 0 Å². The van der Waals surface area contributed by atoms with E-state index in [-0.39, 0.29) is 11.3 Å². The number of carbonyl (C=O) groups excluding carboxylic acids is 1. The number of ketones is 1. The fourth-order valence-electron chi connectivity index (χ4n) is 3.03. The Labute approximate surface area is 114 Å². The SMILES string of the molecule is CC(=O)c1c(F)cccc1N(C)CC1CCCCC1. The Morgan fingerprint density at radius 3 is 2.63 bits per heavy atom. The molecule has 0 N–H and O–H groups in total. The lowest BCUT2D eigenvalue weighted by Gasteiger charge is -2.29. The summed E-state index contributed by atoms with van der Waals surface area (Å²) in [6.45, 7) is 2.33. The van der Waals surface area contributed by atoms with Gasteiger partial charge in [-0.2, -0.15) is 0 Å². The van der Waals surface area contributed by atoms with Crippen LogP contribution < -0.4 is 4.90 Å². The largest absolute Gasteiger partial charge is 0.374 e. The topological polar surface area (TPSA) is 20.3 Å². The summed E-state index contributed by atoms with van der Waals surface area (Å²) in [6.07, 6.45) is 6.41. The van der Waals surface area contributed by atoms with Crippen LogP contribution in [-0.4, -0.2) is 19.4 Å². The van der Waals surface area contributed by atoms with Crippen LogP contribution in [0.2, 0.25) is 0 Å². The summed E-state index contributed by atoms with van der Waals surface area (Å²) in [5, 5.41) is 0. The van der Waals surface area contributed by atoms with Crippen molar-refractivity contribution >= 4 is 11.5 Å². The zero-order valence-electron chi connectivity index (χ0n) is 11.8. The van der Waals surface area contributed by atoms with Crippen molar-refractivity contribution in [2.24, 2.45) is 5.92 Å². The molecule has 1 aromatic rings. The van der Waals surface area contributed by atoms with Gasteiger partial charge in [-0.1, -0.05) is 25.3 Å². The van der Waals surface area contributed by atoms with Crippen molar-refractivity contribution in [1.82, 2.24) is 0 Å². The van der Waals surface area contributed by atoms with E-state index in [0.29, 0.717) is 5.92 Å². The molecule has 104 valence electrons. The van der Waals surface area contributed by atoms with Gasteiger partial charge in [0.05, 0.1) is 11.3 Å². The zero-order chi connectivity index (χ0) is 13.8. The molecule has 0 atom stereocenters. The van der Waals surface area contributed by atoms with Crippen molar-refractivity contribution in [2.75, 3.05) is 18.5 Å². The smallest absolute Gasteiger partial charge is 0.164 e. The van der Waals surface area contributed by atoms with E-state index in [0.717, 1.165) is 12.2 Å². The first kappa shape index (κ1) is 14.0. The molecule has 1 aliphatic carbocycles. The van der Waals surface area contributed by atoms with Gasteiger partial charge in [-0.15, -0.1) is 0 Å². The maximum atomic E-state index is 13.8. The number of halogens is 1. The molecule has 1 fully saturated rings. The monoisotopic (exact) mass is 263 g/mol. The Balaban J connectivity index is 2.16. The number of hydrogen-bond donors (Lipinski definition) is 0. The molecule has 0 radical (unpaired) electrons. The van der Waals surface area contributed by atoms with Gasteiger partial charge in [0, 0.05) is 13.6 Å². The molecule has 0 amide bonds. The van der Waals surface area contributed by atoms with E-state index in [1.807, 2.05) is 18.0 Å². The Kier molecular flexibility index (Phi) is 4.56. The molecule has 0 unspecified atom stereocenters. The second-order valence-electron chi connectivity index (χ2n) is 5.57. The number of benzene rings is 1. The maximum absolute atomic E-state index is 13.8. The summed E-state index contributed by atoms with van der Waals surface area (Å²) in [4.78, 5) is 13.7. The number of anilines is 1. The quantitative estimate of drug-likeness (QED) is 0.764. The van der Waals surface area contributed by atoms with Gasteiger partial charge in [-0.3, -0.25) is 4.79 Å². The molecule has 0 saturated heterocycles. The molecule has 0 aliphatic heterocycles. The highest BCUT2D eigenvalue weighted by Crippen LogP contribution is 2.28. The van der Waals surface area contributed by atoms with Crippen molar-refractivity contribution in [3.8, 4) is 0 Å². The number of hydrogen-bond acceptors (Lipinski definition) is 2. The molecule has 19 heavy (non-hydrogen) atoms. The fourth-order valence-corrected chi connectivity index (χ4v) is 3.03. The van der Waals surface area contributed by atoms with Crippen LogP contribution in [0, 0.1) is 11.7 Å². The van der Waals surface area contributed by atoms with Gasteiger partial charge < -0.3 is 4.90 Å². The molecule has 0 aromatic heterocycles. The Bertz CT molecular complexity index is 452. The van der Waals surface area contributed by atoms with Crippen LogP contribution in [0.4, 0.5) is 10.1 Å². The lowest BCUT2D eigenvalue weighted by molar-refractivity contribution is 0.101. The van der Waals surface area contributed by atoms with Gasteiger partial charge in [0.15, 0.2) is 5.78 Å². The van der Waals surface area contributed by atoms with Crippen molar-refractivity contribution in [2.45, 2.75) is 39.0 Å². The van der Waals surface area contributed by atoms with Crippen molar-refractivity contribution < 1.29 is 9.18 Å². The lowest BCUT2D eigenvalue weighted by atomic mass is 9.89. The van der Waals surface area contributed by atoms with E-state index in [4.69, 9.17) is 0 Å².